The second kappa shape index (κ2) is 8.19. The topological polar surface area (TPSA) is 122 Å². The molecule has 8 nitrogen and oxygen atoms in total. The fourth-order valence-corrected chi connectivity index (χ4v) is 3.32. The van der Waals surface area contributed by atoms with Crippen molar-refractivity contribution in [1.29, 1.82) is 0 Å². The zero-order valence-electron chi connectivity index (χ0n) is 16.1. The molecule has 1 aliphatic heterocycles. The number of anilines is 1. The van der Waals surface area contributed by atoms with Crippen LogP contribution >= 0.6 is 0 Å². The third-order valence-corrected chi connectivity index (χ3v) is 4.77. The van der Waals surface area contributed by atoms with Crippen molar-refractivity contribution in [3.8, 4) is 17.2 Å². The summed E-state index contributed by atoms with van der Waals surface area (Å²) in [4.78, 5) is 35.5. The van der Waals surface area contributed by atoms with E-state index in [1.165, 1.54) is 6.07 Å². The maximum atomic E-state index is 12.9. The van der Waals surface area contributed by atoms with Crippen LogP contribution in [0.1, 0.15) is 36.6 Å². The smallest absolute Gasteiger partial charge is 0.336 e. The molecule has 1 heterocycles. The minimum Gasteiger partial charge on any atom is -0.492 e. The Balaban J connectivity index is 1.61. The molecule has 156 valence electrons. The fraction of sp³-hybridized carbons (Fsp3) is 0.0870. The average molecular weight is 419 g/mol. The van der Waals surface area contributed by atoms with Gasteiger partial charge in [0, 0.05) is 6.42 Å². The standard InChI is InChI=1S/C23H17NO7/c25-21(16-5-3-4-13-10-11-30-20(13)16)24-18-6-1-2-7-19(18)31-14-8-9-15(22(26)27)17(12-14)23(28)29/h1-9,12H,10-11H2,(H,24,25)(H,26,27)(H,28,29). The molecule has 0 unspecified atom stereocenters. The summed E-state index contributed by atoms with van der Waals surface area (Å²) in [6.45, 7) is 0.525. The number of carbonyl (C=O) groups excluding carboxylic acids is 1. The quantitative estimate of drug-likeness (QED) is 0.551. The Bertz CT molecular complexity index is 1200. The summed E-state index contributed by atoms with van der Waals surface area (Å²) in [5.74, 6) is -2.16. The van der Waals surface area contributed by atoms with Gasteiger partial charge in [-0.05, 0) is 42.0 Å². The molecule has 0 radical (unpaired) electrons. The number of para-hydroxylation sites is 3. The molecule has 3 N–H and O–H groups in total. The van der Waals surface area contributed by atoms with Crippen LogP contribution in [0.2, 0.25) is 0 Å². The number of nitrogens with one attached hydrogen (secondary N) is 1. The number of hydrogen-bond donors (Lipinski definition) is 3. The van der Waals surface area contributed by atoms with Crippen LogP contribution in [-0.4, -0.2) is 34.7 Å². The molecule has 8 heteroatoms. The van der Waals surface area contributed by atoms with Gasteiger partial charge in [-0.1, -0.05) is 24.3 Å². The second-order valence-corrected chi connectivity index (χ2v) is 6.76. The normalized spacial score (nSPS) is 11.9. The summed E-state index contributed by atoms with van der Waals surface area (Å²) in [6.07, 6.45) is 0.744. The molecular formula is C23H17NO7. The zero-order valence-corrected chi connectivity index (χ0v) is 16.1. The predicted octanol–water partition coefficient (Wildman–Crippen LogP) is 4.06. The molecule has 0 fully saturated rings. The van der Waals surface area contributed by atoms with E-state index >= 15 is 0 Å². The number of carboxylic acids is 2. The highest BCUT2D eigenvalue weighted by Crippen LogP contribution is 2.33. The van der Waals surface area contributed by atoms with Gasteiger partial charge in [0.25, 0.3) is 5.91 Å². The largest absolute Gasteiger partial charge is 0.492 e. The van der Waals surface area contributed by atoms with E-state index in [4.69, 9.17) is 14.6 Å². The van der Waals surface area contributed by atoms with Crippen molar-refractivity contribution in [1.82, 2.24) is 0 Å². The van der Waals surface area contributed by atoms with Crippen LogP contribution < -0.4 is 14.8 Å². The lowest BCUT2D eigenvalue weighted by Gasteiger charge is -2.14. The van der Waals surface area contributed by atoms with Gasteiger partial charge in [0.05, 0.1) is 29.0 Å². The Kier molecular flexibility index (Phi) is 5.28. The van der Waals surface area contributed by atoms with E-state index < -0.39 is 17.5 Å². The number of rotatable bonds is 6. The molecule has 0 bridgehead atoms. The van der Waals surface area contributed by atoms with Crippen LogP contribution in [0.15, 0.2) is 60.7 Å². The van der Waals surface area contributed by atoms with Crippen molar-refractivity contribution in [3.05, 3.63) is 82.9 Å². The van der Waals surface area contributed by atoms with E-state index in [1.54, 1.807) is 36.4 Å². The van der Waals surface area contributed by atoms with Crippen molar-refractivity contribution in [2.75, 3.05) is 11.9 Å². The van der Waals surface area contributed by atoms with E-state index in [9.17, 15) is 19.5 Å². The van der Waals surface area contributed by atoms with E-state index in [2.05, 4.69) is 5.32 Å². The van der Waals surface area contributed by atoms with Crippen LogP contribution in [0.4, 0.5) is 5.69 Å². The van der Waals surface area contributed by atoms with Crippen LogP contribution in [-0.2, 0) is 6.42 Å². The van der Waals surface area contributed by atoms with Crippen molar-refractivity contribution < 1.29 is 34.1 Å². The minimum absolute atomic E-state index is 0.119. The summed E-state index contributed by atoms with van der Waals surface area (Å²) < 4.78 is 11.3. The van der Waals surface area contributed by atoms with Gasteiger partial charge < -0.3 is 25.0 Å². The Hall–Kier alpha value is -4.33. The van der Waals surface area contributed by atoms with Crippen molar-refractivity contribution >= 4 is 23.5 Å². The Morgan fingerprint density at radius 1 is 0.871 bits per heavy atom. The molecule has 1 amide bonds. The van der Waals surface area contributed by atoms with E-state index in [1.807, 2.05) is 6.07 Å². The first-order chi connectivity index (χ1) is 14.9. The van der Waals surface area contributed by atoms with Crippen molar-refractivity contribution in [3.63, 3.8) is 0 Å². The molecule has 0 aromatic heterocycles. The summed E-state index contributed by atoms with van der Waals surface area (Å²) >= 11 is 0. The number of carboxylic acid groups (broad SMARTS) is 2. The molecular weight excluding hydrogens is 402 g/mol. The Morgan fingerprint density at radius 3 is 2.42 bits per heavy atom. The summed E-state index contributed by atoms with van der Waals surface area (Å²) in [6, 6.07) is 15.7. The lowest BCUT2D eigenvalue weighted by molar-refractivity contribution is 0.0651. The highest BCUT2D eigenvalue weighted by Gasteiger charge is 2.22. The number of benzene rings is 3. The number of aromatic carboxylic acids is 2. The molecule has 0 atom stereocenters. The monoisotopic (exact) mass is 419 g/mol. The summed E-state index contributed by atoms with van der Waals surface area (Å²) in [7, 11) is 0. The second-order valence-electron chi connectivity index (χ2n) is 6.76. The fourth-order valence-electron chi connectivity index (χ4n) is 3.32. The maximum Gasteiger partial charge on any atom is 0.336 e. The lowest BCUT2D eigenvalue weighted by Crippen LogP contribution is -2.13. The molecule has 3 aromatic carbocycles. The highest BCUT2D eigenvalue weighted by molar-refractivity contribution is 6.07. The summed E-state index contributed by atoms with van der Waals surface area (Å²) in [5.41, 5.74) is 0.992. The Labute approximate surface area is 176 Å². The van der Waals surface area contributed by atoms with Gasteiger partial charge in [-0.2, -0.15) is 0 Å². The predicted molar refractivity (Wildman–Crippen MR) is 110 cm³/mol. The molecule has 3 aromatic rings. The SMILES string of the molecule is O=C(O)c1ccc(Oc2ccccc2NC(=O)c2cccc3c2OCC3)cc1C(=O)O. The Morgan fingerprint density at radius 2 is 1.65 bits per heavy atom. The van der Waals surface area contributed by atoms with E-state index in [0.29, 0.717) is 23.6 Å². The van der Waals surface area contributed by atoms with Gasteiger partial charge >= 0.3 is 11.9 Å². The lowest BCUT2D eigenvalue weighted by atomic mass is 10.1. The van der Waals surface area contributed by atoms with Gasteiger partial charge in [-0.25, -0.2) is 9.59 Å². The summed E-state index contributed by atoms with van der Waals surface area (Å²) in [5, 5.41) is 21.2. The molecule has 0 spiro atoms. The molecule has 0 aliphatic carbocycles. The van der Waals surface area contributed by atoms with Gasteiger partial charge in [0.1, 0.15) is 11.5 Å². The number of amides is 1. The van der Waals surface area contributed by atoms with E-state index in [0.717, 1.165) is 24.1 Å². The molecule has 0 saturated carbocycles. The third-order valence-electron chi connectivity index (χ3n) is 4.77. The van der Waals surface area contributed by atoms with Gasteiger partial charge in [0.15, 0.2) is 5.75 Å². The average Bonchev–Trinajstić information content (AvgIpc) is 3.23. The maximum absolute atomic E-state index is 12.9. The van der Waals surface area contributed by atoms with Crippen LogP contribution in [0.3, 0.4) is 0 Å². The third kappa shape index (κ3) is 4.04. The molecule has 4 rings (SSSR count). The molecule has 1 aliphatic rings. The van der Waals surface area contributed by atoms with Crippen molar-refractivity contribution in [2.24, 2.45) is 0 Å². The first-order valence-corrected chi connectivity index (χ1v) is 9.37. The highest BCUT2D eigenvalue weighted by atomic mass is 16.5. The van der Waals surface area contributed by atoms with Gasteiger partial charge in [-0.15, -0.1) is 0 Å². The van der Waals surface area contributed by atoms with Crippen LogP contribution in [0.5, 0.6) is 17.2 Å². The molecule has 31 heavy (non-hydrogen) atoms. The van der Waals surface area contributed by atoms with Crippen LogP contribution in [0.25, 0.3) is 0 Å². The number of carbonyl (C=O) groups is 3. The van der Waals surface area contributed by atoms with E-state index in [-0.39, 0.29) is 23.0 Å². The number of fused-ring (bicyclic) bond motifs is 1. The van der Waals surface area contributed by atoms with Gasteiger partial charge in [-0.3, -0.25) is 4.79 Å². The van der Waals surface area contributed by atoms with Crippen LogP contribution in [0, 0.1) is 0 Å². The van der Waals surface area contributed by atoms with Crippen molar-refractivity contribution in [2.45, 2.75) is 6.42 Å². The number of ether oxygens (including phenoxy) is 2. The first kappa shape index (κ1) is 20.0. The molecule has 0 saturated heterocycles. The van der Waals surface area contributed by atoms with Gasteiger partial charge in [0.2, 0.25) is 0 Å². The first-order valence-electron chi connectivity index (χ1n) is 9.37. The number of hydrogen-bond acceptors (Lipinski definition) is 5. The zero-order chi connectivity index (χ0) is 22.0. The minimum atomic E-state index is -1.39.